The highest BCUT2D eigenvalue weighted by Gasteiger charge is 2.32. The highest BCUT2D eigenvalue weighted by Crippen LogP contribution is 2.26. The topological polar surface area (TPSA) is 72.4 Å². The van der Waals surface area contributed by atoms with E-state index in [0.717, 1.165) is 31.5 Å². The molecule has 2 rings (SSSR count). The van der Waals surface area contributed by atoms with Crippen molar-refractivity contribution in [2.24, 2.45) is 11.7 Å². The molecule has 2 N–H and O–H groups in total. The van der Waals surface area contributed by atoms with E-state index >= 15 is 0 Å². The van der Waals surface area contributed by atoms with E-state index in [2.05, 4.69) is 12.1 Å². The summed E-state index contributed by atoms with van der Waals surface area (Å²) in [5.74, 6) is 0.917. The van der Waals surface area contributed by atoms with Gasteiger partial charge in [-0.3, -0.25) is 4.79 Å². The van der Waals surface area contributed by atoms with E-state index in [1.54, 1.807) is 6.07 Å². The summed E-state index contributed by atoms with van der Waals surface area (Å²) in [6.45, 7) is 5.27. The Morgan fingerprint density at radius 2 is 2.44 bits per heavy atom. The van der Waals surface area contributed by atoms with E-state index in [9.17, 15) is 4.79 Å². The lowest BCUT2D eigenvalue weighted by atomic mass is 9.88. The number of nitrogens with two attached hydrogens (primary N) is 1. The summed E-state index contributed by atoms with van der Waals surface area (Å²) >= 11 is 0. The maximum absolute atomic E-state index is 12.3. The first-order valence-corrected chi connectivity index (χ1v) is 6.60. The van der Waals surface area contributed by atoms with Crippen molar-refractivity contribution in [2.45, 2.75) is 39.2 Å². The SMILES string of the molecule is CCC1CCN(C(=O)c2cc(C)no2)C(CN)C1. The van der Waals surface area contributed by atoms with Gasteiger partial charge >= 0.3 is 0 Å². The zero-order valence-corrected chi connectivity index (χ0v) is 11.1. The molecule has 0 aliphatic carbocycles. The number of aryl methyl sites for hydroxylation is 1. The molecule has 1 aliphatic heterocycles. The van der Waals surface area contributed by atoms with Gasteiger partial charge in [-0.15, -0.1) is 0 Å². The lowest BCUT2D eigenvalue weighted by molar-refractivity contribution is 0.0518. The van der Waals surface area contributed by atoms with E-state index in [0.29, 0.717) is 18.2 Å². The summed E-state index contributed by atoms with van der Waals surface area (Å²) in [6.07, 6.45) is 3.19. The van der Waals surface area contributed by atoms with Crippen molar-refractivity contribution in [1.82, 2.24) is 10.1 Å². The van der Waals surface area contributed by atoms with Gasteiger partial charge in [0.05, 0.1) is 5.69 Å². The molecule has 1 aromatic rings. The van der Waals surface area contributed by atoms with Crippen molar-refractivity contribution in [3.63, 3.8) is 0 Å². The van der Waals surface area contributed by atoms with Crippen LogP contribution in [0.3, 0.4) is 0 Å². The minimum absolute atomic E-state index is 0.0828. The molecule has 18 heavy (non-hydrogen) atoms. The number of piperidine rings is 1. The van der Waals surface area contributed by atoms with Crippen LogP contribution in [0.1, 0.15) is 42.4 Å². The van der Waals surface area contributed by atoms with Crippen molar-refractivity contribution in [3.05, 3.63) is 17.5 Å². The summed E-state index contributed by atoms with van der Waals surface area (Å²) in [5.41, 5.74) is 6.52. The van der Waals surface area contributed by atoms with Crippen LogP contribution >= 0.6 is 0 Å². The molecule has 1 saturated heterocycles. The first-order valence-electron chi connectivity index (χ1n) is 6.60. The van der Waals surface area contributed by atoms with Crippen molar-refractivity contribution in [1.29, 1.82) is 0 Å². The maximum atomic E-state index is 12.3. The molecule has 5 heteroatoms. The molecule has 1 fully saturated rings. The lowest BCUT2D eigenvalue weighted by Gasteiger charge is -2.38. The second-order valence-corrected chi connectivity index (χ2v) is 5.02. The van der Waals surface area contributed by atoms with Gasteiger partial charge in [0.25, 0.3) is 5.91 Å². The number of carbonyl (C=O) groups excluding carboxylic acids is 1. The highest BCUT2D eigenvalue weighted by molar-refractivity contribution is 5.91. The molecule has 2 heterocycles. The van der Waals surface area contributed by atoms with Crippen molar-refractivity contribution in [2.75, 3.05) is 13.1 Å². The molecule has 0 aromatic carbocycles. The smallest absolute Gasteiger partial charge is 0.292 e. The van der Waals surface area contributed by atoms with Crippen molar-refractivity contribution < 1.29 is 9.32 Å². The van der Waals surface area contributed by atoms with E-state index in [-0.39, 0.29) is 11.9 Å². The van der Waals surface area contributed by atoms with Gasteiger partial charge in [-0.2, -0.15) is 0 Å². The molecule has 0 radical (unpaired) electrons. The van der Waals surface area contributed by atoms with Gasteiger partial charge in [0, 0.05) is 25.2 Å². The Hall–Kier alpha value is -1.36. The lowest BCUT2D eigenvalue weighted by Crippen LogP contribution is -2.49. The molecule has 1 aliphatic rings. The fourth-order valence-electron chi connectivity index (χ4n) is 2.60. The van der Waals surface area contributed by atoms with Gasteiger partial charge < -0.3 is 15.2 Å². The van der Waals surface area contributed by atoms with Crippen LogP contribution in [0.4, 0.5) is 0 Å². The second-order valence-electron chi connectivity index (χ2n) is 5.02. The first-order chi connectivity index (χ1) is 8.65. The van der Waals surface area contributed by atoms with Crippen LogP contribution in [0, 0.1) is 12.8 Å². The third-order valence-corrected chi connectivity index (χ3v) is 3.77. The molecular formula is C13H21N3O2. The van der Waals surface area contributed by atoms with Gasteiger partial charge in [-0.25, -0.2) is 0 Å². The van der Waals surface area contributed by atoms with Crippen LogP contribution in [-0.2, 0) is 0 Å². The van der Waals surface area contributed by atoms with E-state index in [1.807, 2.05) is 11.8 Å². The Labute approximate surface area is 107 Å². The molecule has 2 unspecified atom stereocenters. The molecule has 100 valence electrons. The number of carbonyl (C=O) groups is 1. The van der Waals surface area contributed by atoms with E-state index in [4.69, 9.17) is 10.3 Å². The number of rotatable bonds is 3. The first kappa shape index (κ1) is 13.1. The predicted molar refractivity (Wildman–Crippen MR) is 68.1 cm³/mol. The Balaban J connectivity index is 2.10. The Morgan fingerprint density at radius 1 is 1.67 bits per heavy atom. The Bertz CT molecular complexity index is 416. The average molecular weight is 251 g/mol. The summed E-state index contributed by atoms with van der Waals surface area (Å²) in [6, 6.07) is 1.81. The summed E-state index contributed by atoms with van der Waals surface area (Å²) in [5, 5.41) is 3.76. The van der Waals surface area contributed by atoms with Crippen LogP contribution in [0.25, 0.3) is 0 Å². The zero-order valence-electron chi connectivity index (χ0n) is 11.1. The molecule has 0 saturated carbocycles. The minimum Gasteiger partial charge on any atom is -0.351 e. The van der Waals surface area contributed by atoms with Crippen LogP contribution in [0.15, 0.2) is 10.6 Å². The van der Waals surface area contributed by atoms with Gasteiger partial charge in [0.2, 0.25) is 5.76 Å². The standard InChI is InChI=1S/C13H21N3O2/c1-3-10-4-5-16(11(7-10)8-14)13(17)12-6-9(2)15-18-12/h6,10-11H,3-5,7-8,14H2,1-2H3. The second kappa shape index (κ2) is 5.52. The molecule has 1 aromatic heterocycles. The molecule has 5 nitrogen and oxygen atoms in total. The van der Waals surface area contributed by atoms with Crippen molar-refractivity contribution in [3.8, 4) is 0 Å². The summed E-state index contributed by atoms with van der Waals surface area (Å²) in [7, 11) is 0. The molecule has 1 amide bonds. The van der Waals surface area contributed by atoms with Crippen LogP contribution in [0.5, 0.6) is 0 Å². The maximum Gasteiger partial charge on any atom is 0.292 e. The highest BCUT2D eigenvalue weighted by atomic mass is 16.5. The minimum atomic E-state index is -0.0828. The number of aromatic nitrogens is 1. The third-order valence-electron chi connectivity index (χ3n) is 3.77. The number of hydrogen-bond donors (Lipinski definition) is 1. The normalized spacial score (nSPS) is 24.3. The van der Waals surface area contributed by atoms with Gasteiger partial charge in [0.15, 0.2) is 0 Å². The van der Waals surface area contributed by atoms with Crippen LogP contribution in [-0.4, -0.2) is 35.1 Å². The fraction of sp³-hybridized carbons (Fsp3) is 0.692. The van der Waals surface area contributed by atoms with Crippen LogP contribution < -0.4 is 5.73 Å². The number of amides is 1. The third kappa shape index (κ3) is 2.56. The van der Waals surface area contributed by atoms with E-state index < -0.39 is 0 Å². The van der Waals surface area contributed by atoms with E-state index in [1.165, 1.54) is 0 Å². The molecular weight excluding hydrogens is 230 g/mol. The largest absolute Gasteiger partial charge is 0.351 e. The quantitative estimate of drug-likeness (QED) is 0.885. The average Bonchev–Trinajstić information content (AvgIpc) is 2.83. The summed E-state index contributed by atoms with van der Waals surface area (Å²) in [4.78, 5) is 14.2. The molecule has 0 spiro atoms. The number of hydrogen-bond acceptors (Lipinski definition) is 4. The van der Waals surface area contributed by atoms with Gasteiger partial charge in [-0.05, 0) is 25.7 Å². The fourth-order valence-corrected chi connectivity index (χ4v) is 2.60. The number of likely N-dealkylation sites (tertiary alicyclic amines) is 1. The molecule has 2 atom stereocenters. The van der Waals surface area contributed by atoms with Gasteiger partial charge in [0.1, 0.15) is 0 Å². The predicted octanol–water partition coefficient (Wildman–Crippen LogP) is 1.57. The summed E-state index contributed by atoms with van der Waals surface area (Å²) < 4.78 is 5.04. The van der Waals surface area contributed by atoms with Gasteiger partial charge in [-0.1, -0.05) is 18.5 Å². The Kier molecular flexibility index (Phi) is 4.01. The Morgan fingerprint density at radius 3 is 3.00 bits per heavy atom. The zero-order chi connectivity index (χ0) is 13.1. The van der Waals surface area contributed by atoms with Crippen molar-refractivity contribution >= 4 is 5.91 Å². The molecule has 0 bridgehead atoms. The van der Waals surface area contributed by atoms with Crippen LogP contribution in [0.2, 0.25) is 0 Å². The number of nitrogens with zero attached hydrogens (tertiary/aromatic N) is 2. The monoisotopic (exact) mass is 251 g/mol.